The van der Waals surface area contributed by atoms with Crippen LogP contribution in [0.25, 0.3) is 0 Å². The Balaban J connectivity index is 1.58. The molecule has 0 radical (unpaired) electrons. The van der Waals surface area contributed by atoms with E-state index in [4.69, 9.17) is 0 Å². The summed E-state index contributed by atoms with van der Waals surface area (Å²) in [7, 11) is 1.83. The minimum Gasteiger partial charge on any atom is -0.385 e. The van der Waals surface area contributed by atoms with Gasteiger partial charge in [0.15, 0.2) is 5.96 Å². The summed E-state index contributed by atoms with van der Waals surface area (Å²) >= 11 is 2.07. The van der Waals surface area contributed by atoms with Crippen molar-refractivity contribution in [1.82, 2.24) is 10.6 Å². The number of para-hydroxylation sites is 1. The lowest BCUT2D eigenvalue weighted by atomic mass is 10.1. The fourth-order valence-corrected chi connectivity index (χ4v) is 3.80. The maximum atomic E-state index is 4.30. The molecular weight excluding hydrogens is 292 g/mol. The fraction of sp³-hybridized carbons (Fsp3) is 0.588. The van der Waals surface area contributed by atoms with Gasteiger partial charge in [-0.05, 0) is 44.1 Å². The number of nitrogens with one attached hydrogen (secondary N) is 3. The van der Waals surface area contributed by atoms with E-state index in [9.17, 15) is 0 Å². The number of guanidine groups is 1. The molecule has 4 nitrogen and oxygen atoms in total. The van der Waals surface area contributed by atoms with Gasteiger partial charge in [0.25, 0.3) is 0 Å². The van der Waals surface area contributed by atoms with E-state index in [1.54, 1.807) is 0 Å². The summed E-state index contributed by atoms with van der Waals surface area (Å²) in [5, 5.41) is 10.3. The van der Waals surface area contributed by atoms with Crippen molar-refractivity contribution in [2.24, 2.45) is 4.99 Å². The average molecular weight is 321 g/mol. The van der Waals surface area contributed by atoms with Crippen molar-refractivity contribution in [1.29, 1.82) is 0 Å². The molecule has 0 saturated carbocycles. The highest BCUT2D eigenvalue weighted by atomic mass is 32.2. The van der Waals surface area contributed by atoms with Gasteiger partial charge in [-0.15, -0.1) is 0 Å². The normalized spacial score (nSPS) is 21.6. The molecular formula is C17H28N4S. The van der Waals surface area contributed by atoms with Crippen molar-refractivity contribution in [3.8, 4) is 0 Å². The molecule has 0 aliphatic carbocycles. The second-order valence-electron chi connectivity index (χ2n) is 5.90. The summed E-state index contributed by atoms with van der Waals surface area (Å²) < 4.78 is 0.368. The van der Waals surface area contributed by atoms with Crippen LogP contribution in [0.15, 0.2) is 35.3 Å². The molecule has 1 aliphatic rings. The molecule has 1 aromatic carbocycles. The molecule has 2 rings (SSSR count). The summed E-state index contributed by atoms with van der Waals surface area (Å²) in [6.45, 7) is 5.21. The summed E-state index contributed by atoms with van der Waals surface area (Å²) in [4.78, 5) is 4.30. The van der Waals surface area contributed by atoms with Crippen molar-refractivity contribution >= 4 is 23.4 Å². The highest BCUT2D eigenvalue weighted by Gasteiger charge is 2.29. The van der Waals surface area contributed by atoms with Crippen molar-refractivity contribution in [2.75, 3.05) is 37.8 Å². The molecule has 1 unspecified atom stereocenters. The van der Waals surface area contributed by atoms with Crippen LogP contribution in [0.3, 0.4) is 0 Å². The smallest absolute Gasteiger partial charge is 0.191 e. The van der Waals surface area contributed by atoms with Crippen LogP contribution >= 0.6 is 11.8 Å². The molecule has 1 atom stereocenters. The van der Waals surface area contributed by atoms with Crippen LogP contribution in [0.4, 0.5) is 5.69 Å². The van der Waals surface area contributed by atoms with Gasteiger partial charge < -0.3 is 16.0 Å². The third-order valence-corrected chi connectivity index (χ3v) is 5.44. The molecule has 1 aromatic rings. The van der Waals surface area contributed by atoms with Crippen LogP contribution in [-0.4, -0.2) is 43.1 Å². The molecule has 3 N–H and O–H groups in total. The summed E-state index contributed by atoms with van der Waals surface area (Å²) in [5.74, 6) is 2.20. The zero-order valence-electron chi connectivity index (χ0n) is 13.7. The first-order chi connectivity index (χ1) is 10.7. The van der Waals surface area contributed by atoms with E-state index in [-0.39, 0.29) is 0 Å². The largest absolute Gasteiger partial charge is 0.385 e. The lowest BCUT2D eigenvalue weighted by molar-refractivity contribution is 0.584. The third-order valence-electron chi connectivity index (χ3n) is 3.90. The van der Waals surface area contributed by atoms with E-state index >= 15 is 0 Å². The first-order valence-electron chi connectivity index (χ1n) is 8.09. The van der Waals surface area contributed by atoms with Crippen LogP contribution in [0.5, 0.6) is 0 Å². The molecule has 0 amide bonds. The van der Waals surface area contributed by atoms with Gasteiger partial charge in [-0.1, -0.05) is 18.2 Å². The first-order valence-corrected chi connectivity index (χ1v) is 9.08. The zero-order chi connectivity index (χ0) is 15.7. The minimum atomic E-state index is 0.368. The molecule has 1 fully saturated rings. The van der Waals surface area contributed by atoms with E-state index in [0.717, 1.165) is 32.0 Å². The molecule has 0 aromatic heterocycles. The van der Waals surface area contributed by atoms with Gasteiger partial charge in [0, 0.05) is 37.1 Å². The second-order valence-corrected chi connectivity index (χ2v) is 7.58. The van der Waals surface area contributed by atoms with E-state index in [2.05, 4.69) is 51.8 Å². The summed E-state index contributed by atoms with van der Waals surface area (Å²) in [5.41, 5.74) is 1.18. The quantitative estimate of drug-likeness (QED) is 0.411. The lowest BCUT2D eigenvalue weighted by Gasteiger charge is -2.24. The summed E-state index contributed by atoms with van der Waals surface area (Å²) in [6.07, 6.45) is 3.68. The van der Waals surface area contributed by atoms with Crippen molar-refractivity contribution in [3.63, 3.8) is 0 Å². The highest BCUT2D eigenvalue weighted by molar-refractivity contribution is 8.00. The topological polar surface area (TPSA) is 48.5 Å². The van der Waals surface area contributed by atoms with Crippen LogP contribution in [0, 0.1) is 0 Å². The third kappa shape index (κ3) is 5.79. The Labute approximate surface area is 138 Å². The van der Waals surface area contributed by atoms with Crippen molar-refractivity contribution in [3.05, 3.63) is 30.3 Å². The Kier molecular flexibility index (Phi) is 6.90. The number of aliphatic imine (C=N–C) groups is 1. The predicted octanol–water partition coefficient (Wildman–Crippen LogP) is 2.94. The number of thioether (sulfide) groups is 1. The van der Waals surface area contributed by atoms with Gasteiger partial charge in [0.1, 0.15) is 0 Å². The minimum absolute atomic E-state index is 0.368. The van der Waals surface area contributed by atoms with E-state index < -0.39 is 0 Å². The number of rotatable bonds is 7. The number of nitrogens with zero attached hydrogens (tertiary/aromatic N) is 1. The monoisotopic (exact) mass is 320 g/mol. The fourth-order valence-electron chi connectivity index (χ4n) is 2.55. The molecule has 1 heterocycles. The lowest BCUT2D eigenvalue weighted by Crippen LogP contribution is -2.44. The zero-order valence-corrected chi connectivity index (χ0v) is 14.5. The number of hydrogen-bond donors (Lipinski definition) is 3. The Morgan fingerprint density at radius 2 is 2.05 bits per heavy atom. The van der Waals surface area contributed by atoms with Gasteiger partial charge in [-0.2, -0.15) is 11.8 Å². The van der Waals surface area contributed by atoms with Gasteiger partial charge in [0.2, 0.25) is 0 Å². The molecule has 1 aliphatic heterocycles. The van der Waals surface area contributed by atoms with Gasteiger partial charge in [0.05, 0.1) is 0 Å². The van der Waals surface area contributed by atoms with Crippen LogP contribution in [-0.2, 0) is 0 Å². The Morgan fingerprint density at radius 3 is 2.73 bits per heavy atom. The number of hydrogen-bond acceptors (Lipinski definition) is 3. The number of anilines is 1. The maximum absolute atomic E-state index is 4.30. The standard InChI is InChI=1S/C17H28N4S/c1-17(10-6-13-22-17)14-21-16(18-2)20-12-7-11-19-15-8-4-3-5-9-15/h3-5,8-9,19H,6-7,10-14H2,1-2H3,(H2,18,20,21). The predicted molar refractivity (Wildman–Crippen MR) is 99.0 cm³/mol. The Hall–Kier alpha value is -1.36. The van der Waals surface area contributed by atoms with E-state index in [1.807, 2.05) is 25.2 Å². The average Bonchev–Trinajstić information content (AvgIpc) is 2.98. The first kappa shape index (κ1) is 17.0. The molecule has 5 heteroatoms. The Morgan fingerprint density at radius 1 is 1.23 bits per heavy atom. The maximum Gasteiger partial charge on any atom is 0.191 e. The molecule has 122 valence electrons. The van der Waals surface area contributed by atoms with Crippen LogP contribution in [0.2, 0.25) is 0 Å². The van der Waals surface area contributed by atoms with Gasteiger partial charge >= 0.3 is 0 Å². The van der Waals surface area contributed by atoms with Gasteiger partial charge in [-0.25, -0.2) is 0 Å². The van der Waals surface area contributed by atoms with E-state index in [1.165, 1.54) is 24.3 Å². The molecule has 0 bridgehead atoms. The SMILES string of the molecule is CN=C(NCCCNc1ccccc1)NCC1(C)CCCS1. The van der Waals surface area contributed by atoms with E-state index in [0.29, 0.717) is 4.75 Å². The molecule has 0 spiro atoms. The Bertz CT molecular complexity index is 455. The second kappa shape index (κ2) is 8.93. The van der Waals surface area contributed by atoms with Crippen molar-refractivity contribution < 1.29 is 0 Å². The van der Waals surface area contributed by atoms with Gasteiger partial charge in [-0.3, -0.25) is 4.99 Å². The molecule has 1 saturated heterocycles. The molecule has 22 heavy (non-hydrogen) atoms. The van der Waals surface area contributed by atoms with Crippen LogP contribution in [0.1, 0.15) is 26.2 Å². The summed E-state index contributed by atoms with van der Waals surface area (Å²) in [6, 6.07) is 10.3. The van der Waals surface area contributed by atoms with Crippen molar-refractivity contribution in [2.45, 2.75) is 30.9 Å². The highest BCUT2D eigenvalue weighted by Crippen LogP contribution is 2.36. The van der Waals surface area contributed by atoms with Crippen LogP contribution < -0.4 is 16.0 Å². The number of benzene rings is 1.